The Bertz CT molecular complexity index is 685. The standard InChI is InChI=1S/C16H18N6/c1-2-7-22(10-11-3-4-11)16-14(9-19)12(5-6-17)13(8-18)15(20)21-16/h11H,2-5,7,10H2,1H3,(H2,20,21)/p+1. The molecule has 2 rings (SSSR count). The molecule has 0 aliphatic heterocycles. The summed E-state index contributed by atoms with van der Waals surface area (Å²) in [6.07, 6.45) is 3.36. The molecule has 1 aliphatic carbocycles. The maximum atomic E-state index is 9.55. The van der Waals surface area contributed by atoms with Crippen LogP contribution in [0.4, 0.5) is 11.6 Å². The van der Waals surface area contributed by atoms with Gasteiger partial charge < -0.3 is 5.73 Å². The van der Waals surface area contributed by atoms with Gasteiger partial charge in [-0.25, -0.2) is 4.98 Å². The van der Waals surface area contributed by atoms with Crippen LogP contribution in [-0.4, -0.2) is 13.1 Å². The number of aromatic amines is 1. The molecule has 0 unspecified atom stereocenters. The van der Waals surface area contributed by atoms with Crippen LogP contribution in [0.2, 0.25) is 0 Å². The van der Waals surface area contributed by atoms with E-state index < -0.39 is 0 Å². The lowest BCUT2D eigenvalue weighted by Gasteiger charge is -2.20. The first-order valence-electron chi connectivity index (χ1n) is 7.45. The monoisotopic (exact) mass is 295 g/mol. The Labute approximate surface area is 130 Å². The molecule has 1 fully saturated rings. The van der Waals surface area contributed by atoms with E-state index in [4.69, 9.17) is 11.0 Å². The normalized spacial score (nSPS) is 13.0. The topological polar surface area (TPSA) is 115 Å². The highest BCUT2D eigenvalue weighted by Gasteiger charge is 2.31. The van der Waals surface area contributed by atoms with Crippen molar-refractivity contribution in [3.8, 4) is 18.2 Å². The van der Waals surface area contributed by atoms with Crippen molar-refractivity contribution in [2.45, 2.75) is 32.6 Å². The zero-order chi connectivity index (χ0) is 16.1. The number of pyridine rings is 1. The van der Waals surface area contributed by atoms with Crippen LogP contribution in [0, 0.1) is 39.9 Å². The molecule has 0 bridgehead atoms. The van der Waals surface area contributed by atoms with Gasteiger partial charge in [-0.1, -0.05) is 6.92 Å². The van der Waals surface area contributed by atoms with Crippen LogP contribution in [0.25, 0.3) is 0 Å². The van der Waals surface area contributed by atoms with Gasteiger partial charge in [-0.2, -0.15) is 15.8 Å². The lowest BCUT2D eigenvalue weighted by atomic mass is 10.0. The summed E-state index contributed by atoms with van der Waals surface area (Å²) in [4.78, 5) is 5.13. The molecule has 0 spiro atoms. The summed E-state index contributed by atoms with van der Waals surface area (Å²) in [6, 6.07) is 6.17. The van der Waals surface area contributed by atoms with Crippen molar-refractivity contribution in [3.05, 3.63) is 16.7 Å². The minimum Gasteiger partial charge on any atom is -0.318 e. The number of nitrogen functional groups attached to an aromatic ring is 1. The maximum Gasteiger partial charge on any atom is 0.240 e. The average molecular weight is 295 g/mol. The van der Waals surface area contributed by atoms with Crippen molar-refractivity contribution in [2.75, 3.05) is 23.7 Å². The summed E-state index contributed by atoms with van der Waals surface area (Å²) in [5.74, 6) is 1.51. The Morgan fingerprint density at radius 1 is 1.23 bits per heavy atom. The minimum absolute atomic E-state index is 0.00105. The van der Waals surface area contributed by atoms with Crippen LogP contribution in [0.5, 0.6) is 0 Å². The minimum atomic E-state index is 0.00105. The molecule has 1 saturated carbocycles. The Morgan fingerprint density at radius 2 is 1.91 bits per heavy atom. The Balaban J connectivity index is 2.56. The van der Waals surface area contributed by atoms with Crippen LogP contribution in [-0.2, 0) is 6.42 Å². The Kier molecular flexibility index (Phi) is 4.81. The van der Waals surface area contributed by atoms with Crippen LogP contribution in [0.1, 0.15) is 42.9 Å². The molecular formula is C16H19N6+. The third-order valence-electron chi connectivity index (χ3n) is 3.83. The lowest BCUT2D eigenvalue weighted by Crippen LogP contribution is -2.35. The van der Waals surface area contributed by atoms with E-state index in [1.807, 2.05) is 12.1 Å². The zero-order valence-electron chi connectivity index (χ0n) is 12.7. The van der Waals surface area contributed by atoms with E-state index in [-0.39, 0.29) is 17.8 Å². The van der Waals surface area contributed by atoms with Crippen molar-refractivity contribution in [1.29, 1.82) is 15.8 Å². The number of nitrogens with one attached hydrogen (secondary N) is 1. The van der Waals surface area contributed by atoms with Gasteiger partial charge in [0.1, 0.15) is 23.3 Å². The largest absolute Gasteiger partial charge is 0.318 e. The van der Waals surface area contributed by atoms with Gasteiger partial charge in [0.05, 0.1) is 25.6 Å². The predicted molar refractivity (Wildman–Crippen MR) is 81.4 cm³/mol. The maximum absolute atomic E-state index is 9.55. The van der Waals surface area contributed by atoms with Gasteiger partial charge in [0, 0.05) is 5.56 Å². The highest BCUT2D eigenvalue weighted by Crippen LogP contribution is 2.32. The summed E-state index contributed by atoms with van der Waals surface area (Å²) in [5, 5.41) is 27.8. The van der Waals surface area contributed by atoms with Gasteiger partial charge in [0.2, 0.25) is 11.6 Å². The highest BCUT2D eigenvalue weighted by atomic mass is 15.2. The van der Waals surface area contributed by atoms with Crippen LogP contribution in [0.15, 0.2) is 0 Å². The van der Waals surface area contributed by atoms with Crippen LogP contribution in [0.3, 0.4) is 0 Å². The predicted octanol–water partition coefficient (Wildman–Crippen LogP) is 1.52. The summed E-state index contributed by atoms with van der Waals surface area (Å²) >= 11 is 0. The van der Waals surface area contributed by atoms with Crippen LogP contribution < -0.4 is 15.6 Å². The smallest absolute Gasteiger partial charge is 0.240 e. The number of H-pyrrole nitrogens is 1. The molecule has 6 nitrogen and oxygen atoms in total. The number of anilines is 2. The first-order chi connectivity index (χ1) is 10.7. The highest BCUT2D eigenvalue weighted by molar-refractivity contribution is 5.64. The van der Waals surface area contributed by atoms with E-state index in [1.54, 1.807) is 0 Å². The van der Waals surface area contributed by atoms with Gasteiger partial charge in [-0.05, 0) is 25.2 Å². The van der Waals surface area contributed by atoms with E-state index >= 15 is 0 Å². The summed E-state index contributed by atoms with van der Waals surface area (Å²) in [7, 11) is 0. The number of nitrogens with two attached hydrogens (primary N) is 1. The molecular weight excluding hydrogens is 276 g/mol. The second-order valence-corrected chi connectivity index (χ2v) is 5.56. The van der Waals surface area contributed by atoms with E-state index in [9.17, 15) is 10.5 Å². The van der Waals surface area contributed by atoms with E-state index in [0.717, 1.165) is 19.5 Å². The van der Waals surface area contributed by atoms with Gasteiger partial charge in [0.25, 0.3) is 0 Å². The number of rotatable bonds is 6. The van der Waals surface area contributed by atoms with Crippen LogP contribution >= 0.6 is 0 Å². The van der Waals surface area contributed by atoms with Crippen molar-refractivity contribution >= 4 is 11.6 Å². The molecule has 112 valence electrons. The zero-order valence-corrected chi connectivity index (χ0v) is 12.7. The van der Waals surface area contributed by atoms with E-state index in [2.05, 4.69) is 22.9 Å². The Morgan fingerprint density at radius 3 is 2.41 bits per heavy atom. The number of nitrogens with zero attached hydrogens (tertiary/aromatic N) is 4. The fourth-order valence-electron chi connectivity index (χ4n) is 2.60. The van der Waals surface area contributed by atoms with Crippen molar-refractivity contribution < 1.29 is 4.98 Å². The molecule has 0 amide bonds. The first kappa shape index (κ1) is 15.6. The third kappa shape index (κ3) is 3.10. The quantitative estimate of drug-likeness (QED) is 0.854. The van der Waals surface area contributed by atoms with Gasteiger partial charge >= 0.3 is 0 Å². The third-order valence-corrected chi connectivity index (χ3v) is 3.83. The van der Waals surface area contributed by atoms with Gasteiger partial charge in [-0.15, -0.1) is 0 Å². The fraction of sp³-hybridized carbons (Fsp3) is 0.500. The molecule has 1 aromatic rings. The molecule has 1 aliphatic rings. The van der Waals surface area contributed by atoms with Crippen molar-refractivity contribution in [2.24, 2.45) is 5.92 Å². The van der Waals surface area contributed by atoms with Gasteiger partial charge in [-0.3, -0.25) is 4.90 Å². The lowest BCUT2D eigenvalue weighted by molar-refractivity contribution is -0.347. The second kappa shape index (κ2) is 6.78. The van der Waals surface area contributed by atoms with Gasteiger partial charge in [0.15, 0.2) is 0 Å². The summed E-state index contributed by atoms with van der Waals surface area (Å²) < 4.78 is 0. The summed E-state index contributed by atoms with van der Waals surface area (Å²) in [5.41, 5.74) is 6.93. The number of aromatic nitrogens is 1. The second-order valence-electron chi connectivity index (χ2n) is 5.56. The van der Waals surface area contributed by atoms with E-state index in [0.29, 0.717) is 22.9 Å². The van der Waals surface area contributed by atoms with E-state index in [1.165, 1.54) is 12.8 Å². The molecule has 22 heavy (non-hydrogen) atoms. The fourth-order valence-corrected chi connectivity index (χ4v) is 2.60. The van der Waals surface area contributed by atoms with Crippen molar-refractivity contribution in [1.82, 2.24) is 0 Å². The molecule has 0 radical (unpaired) electrons. The molecule has 3 N–H and O–H groups in total. The molecule has 6 heteroatoms. The number of hydrogen-bond acceptors (Lipinski definition) is 5. The summed E-state index contributed by atoms with van der Waals surface area (Å²) in [6.45, 7) is 3.75. The Hall–Kier alpha value is -2.78. The molecule has 1 heterocycles. The average Bonchev–Trinajstić information content (AvgIpc) is 3.31. The number of nitriles is 3. The SMILES string of the molecule is CCCN(CC1CC1)c1[nH+]c(N)c(C#N)c(CC#N)c1C#N. The number of hydrogen-bond donors (Lipinski definition) is 1. The molecule has 0 atom stereocenters. The van der Waals surface area contributed by atoms with Crippen molar-refractivity contribution in [3.63, 3.8) is 0 Å². The first-order valence-corrected chi connectivity index (χ1v) is 7.45. The molecule has 0 saturated heterocycles. The molecule has 0 aromatic carbocycles. The molecule has 1 aromatic heterocycles.